The molecule has 0 aliphatic carbocycles. The third-order valence-electron chi connectivity index (χ3n) is 5.67. The van der Waals surface area contributed by atoms with E-state index in [1.165, 1.54) is 4.90 Å². The number of halogens is 1. The molecule has 150 valence electrons. The highest BCUT2D eigenvalue weighted by Gasteiger charge is 2.40. The first-order valence-corrected chi connectivity index (χ1v) is 9.82. The monoisotopic (exact) mass is 414 g/mol. The van der Waals surface area contributed by atoms with Crippen LogP contribution in [0, 0.1) is 6.92 Å². The molecule has 0 radical (unpaired) electrons. The number of rotatable bonds is 3. The van der Waals surface area contributed by atoms with Gasteiger partial charge < -0.3 is 19.1 Å². The SMILES string of the molecule is COc1c2c(cc3c1[C@@H](c1nnnn1-c1ccc(C)c(Cl)c1)[NH+](C)CC3)OCO2. The molecular weight excluding hydrogens is 394 g/mol. The van der Waals surface area contributed by atoms with Crippen molar-refractivity contribution in [2.24, 2.45) is 0 Å². The van der Waals surface area contributed by atoms with Gasteiger partial charge in [0.15, 0.2) is 17.5 Å². The summed E-state index contributed by atoms with van der Waals surface area (Å²) in [6, 6.07) is 7.74. The average molecular weight is 415 g/mol. The van der Waals surface area contributed by atoms with Crippen molar-refractivity contribution in [1.29, 1.82) is 0 Å². The van der Waals surface area contributed by atoms with Crippen molar-refractivity contribution >= 4 is 11.6 Å². The lowest BCUT2D eigenvalue weighted by molar-refractivity contribution is -0.909. The van der Waals surface area contributed by atoms with Crippen molar-refractivity contribution in [1.82, 2.24) is 20.2 Å². The number of tetrazole rings is 1. The quantitative estimate of drug-likeness (QED) is 0.700. The number of methoxy groups -OCH3 is 1. The van der Waals surface area contributed by atoms with E-state index in [0.29, 0.717) is 16.5 Å². The summed E-state index contributed by atoms with van der Waals surface area (Å²) in [6.45, 7) is 3.10. The van der Waals surface area contributed by atoms with Gasteiger partial charge in [0.05, 0.1) is 32.0 Å². The molecule has 1 aromatic heterocycles. The number of benzene rings is 2. The van der Waals surface area contributed by atoms with Crippen LogP contribution in [-0.4, -0.2) is 47.7 Å². The van der Waals surface area contributed by atoms with Crippen LogP contribution in [0.4, 0.5) is 0 Å². The summed E-state index contributed by atoms with van der Waals surface area (Å²) >= 11 is 6.35. The zero-order valence-corrected chi connectivity index (χ0v) is 17.2. The van der Waals surface area contributed by atoms with Crippen molar-refractivity contribution in [3.8, 4) is 22.9 Å². The number of nitrogens with one attached hydrogen (secondary N) is 1. The minimum absolute atomic E-state index is 0.127. The number of ether oxygens (including phenoxy) is 3. The zero-order chi connectivity index (χ0) is 20.1. The van der Waals surface area contributed by atoms with Crippen molar-refractivity contribution in [2.45, 2.75) is 19.4 Å². The maximum absolute atomic E-state index is 6.35. The van der Waals surface area contributed by atoms with E-state index >= 15 is 0 Å². The molecule has 2 aliphatic rings. The predicted octanol–water partition coefficient (Wildman–Crippen LogP) is 1.52. The normalized spacial score (nSPS) is 19.9. The standard InChI is InChI=1S/C20H20ClN5O3/c1-11-4-5-13(9-14(11)21)26-20(22-23-24-26)17-16-12(6-7-25(17)2)8-15-18(19(16)27-3)29-10-28-15/h4-5,8-9,17H,6-7,10H2,1-3H3/p+1/t17-/m0/s1. The highest BCUT2D eigenvalue weighted by Crippen LogP contribution is 2.48. The van der Waals surface area contributed by atoms with E-state index in [4.69, 9.17) is 25.8 Å². The summed E-state index contributed by atoms with van der Waals surface area (Å²) in [5.74, 6) is 2.78. The number of fused-ring (bicyclic) bond motifs is 2. The van der Waals surface area contributed by atoms with Gasteiger partial charge in [0.2, 0.25) is 18.4 Å². The molecule has 8 nitrogen and oxygen atoms in total. The Morgan fingerprint density at radius 3 is 2.93 bits per heavy atom. The molecule has 2 aliphatic heterocycles. The van der Waals surface area contributed by atoms with Crippen LogP contribution in [0.1, 0.15) is 28.6 Å². The second kappa shape index (κ2) is 6.89. The van der Waals surface area contributed by atoms with Gasteiger partial charge in [0.25, 0.3) is 0 Å². The lowest BCUT2D eigenvalue weighted by Gasteiger charge is -2.32. The van der Waals surface area contributed by atoms with Crippen LogP contribution < -0.4 is 19.1 Å². The third kappa shape index (κ3) is 2.82. The lowest BCUT2D eigenvalue weighted by atomic mass is 9.90. The fourth-order valence-corrected chi connectivity index (χ4v) is 4.32. The third-order valence-corrected chi connectivity index (χ3v) is 6.08. The molecule has 0 bridgehead atoms. The first kappa shape index (κ1) is 18.2. The van der Waals surface area contributed by atoms with Crippen molar-refractivity contribution < 1.29 is 19.1 Å². The highest BCUT2D eigenvalue weighted by atomic mass is 35.5. The summed E-state index contributed by atoms with van der Waals surface area (Å²) in [7, 11) is 3.79. The van der Waals surface area contributed by atoms with E-state index in [1.54, 1.807) is 11.8 Å². The van der Waals surface area contributed by atoms with Crippen LogP contribution in [0.2, 0.25) is 5.02 Å². The van der Waals surface area contributed by atoms with Crippen molar-refractivity contribution in [2.75, 3.05) is 27.5 Å². The van der Waals surface area contributed by atoms with Crippen LogP contribution in [0.25, 0.3) is 5.69 Å². The minimum Gasteiger partial charge on any atom is -0.492 e. The number of nitrogens with zero attached hydrogens (tertiary/aromatic N) is 4. The van der Waals surface area contributed by atoms with Crippen LogP contribution in [-0.2, 0) is 6.42 Å². The zero-order valence-electron chi connectivity index (χ0n) is 16.4. The van der Waals surface area contributed by atoms with Crippen molar-refractivity contribution in [3.63, 3.8) is 0 Å². The van der Waals surface area contributed by atoms with E-state index < -0.39 is 0 Å². The summed E-state index contributed by atoms with van der Waals surface area (Å²) in [4.78, 5) is 1.27. The van der Waals surface area contributed by atoms with Crippen LogP contribution in [0.15, 0.2) is 24.3 Å². The van der Waals surface area contributed by atoms with E-state index in [9.17, 15) is 0 Å². The smallest absolute Gasteiger partial charge is 0.231 e. The van der Waals surface area contributed by atoms with E-state index in [1.807, 2.05) is 25.1 Å². The Bertz CT molecular complexity index is 1100. The Labute approximate surface area is 172 Å². The predicted molar refractivity (Wildman–Crippen MR) is 105 cm³/mol. The van der Waals surface area contributed by atoms with Gasteiger partial charge in [0, 0.05) is 11.4 Å². The number of quaternary nitrogens is 1. The topological polar surface area (TPSA) is 75.7 Å². The van der Waals surface area contributed by atoms with Crippen LogP contribution in [0.3, 0.4) is 0 Å². The second-order valence-electron chi connectivity index (χ2n) is 7.38. The molecule has 0 amide bonds. The van der Waals surface area contributed by atoms with E-state index in [2.05, 4.69) is 28.6 Å². The van der Waals surface area contributed by atoms with E-state index in [0.717, 1.165) is 46.9 Å². The van der Waals surface area contributed by atoms with Gasteiger partial charge >= 0.3 is 0 Å². The molecule has 0 fully saturated rings. The van der Waals surface area contributed by atoms with Gasteiger partial charge in [-0.2, -0.15) is 4.68 Å². The molecule has 1 N–H and O–H groups in total. The molecule has 0 saturated carbocycles. The maximum Gasteiger partial charge on any atom is 0.231 e. The van der Waals surface area contributed by atoms with Gasteiger partial charge in [-0.3, -0.25) is 0 Å². The van der Waals surface area contributed by atoms with Crippen LogP contribution >= 0.6 is 11.6 Å². The van der Waals surface area contributed by atoms with Gasteiger partial charge in [-0.1, -0.05) is 17.7 Å². The molecule has 0 saturated heterocycles. The summed E-state index contributed by atoms with van der Waals surface area (Å²) in [5.41, 5.74) is 4.03. The molecular formula is C20H21ClN5O3+. The molecule has 0 spiro atoms. The maximum atomic E-state index is 6.35. The fourth-order valence-electron chi connectivity index (χ4n) is 4.15. The first-order chi connectivity index (χ1) is 14.1. The number of likely N-dealkylation sites (N-methyl/N-ethyl adjacent to an activating group) is 1. The van der Waals surface area contributed by atoms with Gasteiger partial charge in [-0.15, -0.1) is 5.10 Å². The molecule has 1 unspecified atom stereocenters. The minimum atomic E-state index is -0.127. The Morgan fingerprint density at radius 1 is 1.28 bits per heavy atom. The first-order valence-electron chi connectivity index (χ1n) is 9.45. The number of aromatic nitrogens is 4. The van der Waals surface area contributed by atoms with Gasteiger partial charge in [0.1, 0.15) is 0 Å². The largest absolute Gasteiger partial charge is 0.492 e. The highest BCUT2D eigenvalue weighted by molar-refractivity contribution is 6.31. The summed E-state index contributed by atoms with van der Waals surface area (Å²) in [5, 5.41) is 13.3. The Hall–Kier alpha value is -2.84. The molecule has 2 aromatic carbocycles. The fraction of sp³-hybridized carbons (Fsp3) is 0.350. The molecule has 3 aromatic rings. The van der Waals surface area contributed by atoms with Crippen LogP contribution in [0.5, 0.6) is 17.2 Å². The number of aryl methyl sites for hydroxylation is 1. The number of hydrogen-bond donors (Lipinski definition) is 1. The molecule has 3 heterocycles. The summed E-state index contributed by atoms with van der Waals surface area (Å²) < 4.78 is 18.9. The van der Waals surface area contributed by atoms with Crippen molar-refractivity contribution in [3.05, 3.63) is 51.8 Å². The van der Waals surface area contributed by atoms with E-state index in [-0.39, 0.29) is 12.8 Å². The Morgan fingerprint density at radius 2 is 2.14 bits per heavy atom. The van der Waals surface area contributed by atoms with Gasteiger partial charge in [-0.25, -0.2) is 0 Å². The number of hydrogen-bond acceptors (Lipinski definition) is 6. The molecule has 29 heavy (non-hydrogen) atoms. The second-order valence-corrected chi connectivity index (χ2v) is 7.79. The molecule has 9 heteroatoms. The summed E-state index contributed by atoms with van der Waals surface area (Å²) in [6.07, 6.45) is 0.905. The lowest BCUT2D eigenvalue weighted by Crippen LogP contribution is -3.10. The average Bonchev–Trinajstić information content (AvgIpc) is 3.38. The Balaban J connectivity index is 1.69. The van der Waals surface area contributed by atoms with Gasteiger partial charge in [-0.05, 0) is 46.7 Å². The Kier molecular flexibility index (Phi) is 4.33. The molecule has 5 rings (SSSR count). The molecule has 2 atom stereocenters.